The molecule has 2 aromatic carbocycles. The minimum Gasteiger partial charge on any atom is -0.508 e. The van der Waals surface area contributed by atoms with Gasteiger partial charge in [0.1, 0.15) is 5.75 Å². The number of phenolic OH excluding ortho intramolecular Hbond substituents is 1. The predicted molar refractivity (Wildman–Crippen MR) is 83.7 cm³/mol. The van der Waals surface area contributed by atoms with E-state index in [1.54, 1.807) is 38.5 Å². The molecule has 0 heterocycles. The van der Waals surface area contributed by atoms with Gasteiger partial charge < -0.3 is 14.6 Å². The second-order valence-corrected chi connectivity index (χ2v) is 5.09. The zero-order valence-corrected chi connectivity index (χ0v) is 12.4. The van der Waals surface area contributed by atoms with Gasteiger partial charge in [0.25, 0.3) is 0 Å². The Bertz CT molecular complexity index is 775. The molecule has 0 aromatic heterocycles. The minimum atomic E-state index is -0.0410. The Balaban J connectivity index is 1.98. The number of benzene rings is 2. The Kier molecular flexibility index (Phi) is 3.59. The molecular weight excluding hydrogens is 280 g/mol. The van der Waals surface area contributed by atoms with Crippen LogP contribution in [0.1, 0.15) is 21.5 Å². The van der Waals surface area contributed by atoms with Crippen molar-refractivity contribution in [3.05, 3.63) is 58.7 Å². The number of rotatable bonds is 3. The third kappa shape index (κ3) is 2.33. The van der Waals surface area contributed by atoms with E-state index in [0.717, 1.165) is 5.56 Å². The summed E-state index contributed by atoms with van der Waals surface area (Å²) in [5.41, 5.74) is 2.78. The van der Waals surface area contributed by atoms with Crippen molar-refractivity contribution in [2.24, 2.45) is 0 Å². The molecular formula is C18H16O4. The Morgan fingerprint density at radius 2 is 1.86 bits per heavy atom. The van der Waals surface area contributed by atoms with Crippen LogP contribution in [0.2, 0.25) is 0 Å². The number of hydrogen-bond donors (Lipinski definition) is 1. The van der Waals surface area contributed by atoms with Gasteiger partial charge in [0, 0.05) is 23.1 Å². The molecule has 0 saturated heterocycles. The van der Waals surface area contributed by atoms with E-state index in [9.17, 15) is 9.90 Å². The monoisotopic (exact) mass is 296 g/mol. The van der Waals surface area contributed by atoms with Crippen LogP contribution in [-0.2, 0) is 6.42 Å². The van der Waals surface area contributed by atoms with E-state index in [0.29, 0.717) is 34.6 Å². The van der Waals surface area contributed by atoms with E-state index in [4.69, 9.17) is 9.47 Å². The van der Waals surface area contributed by atoms with E-state index in [-0.39, 0.29) is 11.5 Å². The molecule has 4 heteroatoms. The molecule has 0 fully saturated rings. The van der Waals surface area contributed by atoms with Crippen molar-refractivity contribution in [1.82, 2.24) is 0 Å². The van der Waals surface area contributed by atoms with Gasteiger partial charge in [0.2, 0.25) is 0 Å². The number of ether oxygens (including phenoxy) is 2. The lowest BCUT2D eigenvalue weighted by Gasteiger charge is -2.08. The lowest BCUT2D eigenvalue weighted by molar-refractivity contribution is 0.104. The van der Waals surface area contributed by atoms with Crippen molar-refractivity contribution in [1.29, 1.82) is 0 Å². The summed E-state index contributed by atoms with van der Waals surface area (Å²) >= 11 is 0. The number of carbonyl (C=O) groups is 1. The number of fused-ring (bicyclic) bond motifs is 1. The lowest BCUT2D eigenvalue weighted by atomic mass is 10.1. The van der Waals surface area contributed by atoms with Gasteiger partial charge in [0.15, 0.2) is 17.3 Å². The third-order valence-corrected chi connectivity index (χ3v) is 3.80. The first-order chi connectivity index (χ1) is 10.6. The second kappa shape index (κ2) is 5.56. The lowest BCUT2D eigenvalue weighted by Crippen LogP contribution is -1.95. The summed E-state index contributed by atoms with van der Waals surface area (Å²) in [6.07, 6.45) is 2.26. The Labute approximate surface area is 128 Å². The fraction of sp³-hybridized carbons (Fsp3) is 0.167. The van der Waals surface area contributed by atoms with Gasteiger partial charge in [-0.2, -0.15) is 0 Å². The van der Waals surface area contributed by atoms with E-state index < -0.39 is 0 Å². The molecule has 1 N–H and O–H groups in total. The highest BCUT2D eigenvalue weighted by molar-refractivity contribution is 6.16. The molecule has 0 radical (unpaired) electrons. The van der Waals surface area contributed by atoms with Gasteiger partial charge in [0.05, 0.1) is 14.2 Å². The summed E-state index contributed by atoms with van der Waals surface area (Å²) in [6.45, 7) is 0. The average molecular weight is 296 g/mol. The molecule has 1 aliphatic rings. The highest BCUT2D eigenvalue weighted by Crippen LogP contribution is 2.34. The first kappa shape index (κ1) is 14.2. The van der Waals surface area contributed by atoms with Crippen LogP contribution in [0, 0.1) is 0 Å². The number of ketones is 1. The molecule has 0 amide bonds. The molecule has 0 bridgehead atoms. The van der Waals surface area contributed by atoms with Crippen LogP contribution in [-0.4, -0.2) is 25.1 Å². The molecule has 0 atom stereocenters. The first-order valence-electron chi connectivity index (χ1n) is 6.92. The number of Topliss-reactive ketones (excluding diaryl/α,β-unsaturated/α-hetero) is 1. The quantitative estimate of drug-likeness (QED) is 0.884. The maximum Gasteiger partial charge on any atom is 0.189 e. The number of allylic oxidation sites excluding steroid dienone is 1. The smallest absolute Gasteiger partial charge is 0.189 e. The maximum absolute atomic E-state index is 12.4. The molecule has 112 valence electrons. The van der Waals surface area contributed by atoms with Gasteiger partial charge in [-0.3, -0.25) is 4.79 Å². The van der Waals surface area contributed by atoms with Gasteiger partial charge >= 0.3 is 0 Å². The van der Waals surface area contributed by atoms with Crippen molar-refractivity contribution in [3.63, 3.8) is 0 Å². The topological polar surface area (TPSA) is 55.8 Å². The molecule has 4 nitrogen and oxygen atoms in total. The minimum absolute atomic E-state index is 0.0410. The Morgan fingerprint density at radius 3 is 2.55 bits per heavy atom. The summed E-state index contributed by atoms with van der Waals surface area (Å²) in [5.74, 6) is 1.38. The summed E-state index contributed by atoms with van der Waals surface area (Å²) in [4.78, 5) is 12.4. The van der Waals surface area contributed by atoms with E-state index >= 15 is 0 Å². The Morgan fingerprint density at radius 1 is 1.09 bits per heavy atom. The van der Waals surface area contributed by atoms with Crippen LogP contribution in [0.5, 0.6) is 17.2 Å². The van der Waals surface area contributed by atoms with Crippen LogP contribution in [0.15, 0.2) is 42.0 Å². The normalized spacial score (nSPS) is 15.0. The Hall–Kier alpha value is -2.75. The molecule has 0 spiro atoms. The van der Waals surface area contributed by atoms with E-state index in [1.807, 2.05) is 18.2 Å². The van der Waals surface area contributed by atoms with Crippen molar-refractivity contribution in [2.45, 2.75) is 6.42 Å². The van der Waals surface area contributed by atoms with Gasteiger partial charge in [-0.05, 0) is 29.8 Å². The van der Waals surface area contributed by atoms with Gasteiger partial charge in [-0.25, -0.2) is 0 Å². The average Bonchev–Trinajstić information content (AvgIpc) is 2.85. The fourth-order valence-electron chi connectivity index (χ4n) is 2.68. The van der Waals surface area contributed by atoms with Crippen LogP contribution < -0.4 is 9.47 Å². The largest absolute Gasteiger partial charge is 0.508 e. The maximum atomic E-state index is 12.4. The standard InChI is InChI=1S/C18H16O4/c1-21-16-7-6-11(9-17(16)22-2)8-12-10-14-13(18(12)20)4-3-5-15(14)19/h3-9,19H,10H2,1-2H3/b12-8+. The summed E-state index contributed by atoms with van der Waals surface area (Å²) < 4.78 is 10.5. The SMILES string of the molecule is COc1ccc(/C=C2\Cc3c(O)cccc3C2=O)cc1OC. The number of aromatic hydroxyl groups is 1. The van der Waals surface area contributed by atoms with Crippen molar-refractivity contribution >= 4 is 11.9 Å². The highest BCUT2D eigenvalue weighted by atomic mass is 16.5. The van der Waals surface area contributed by atoms with Crippen molar-refractivity contribution in [3.8, 4) is 17.2 Å². The number of phenols is 1. The van der Waals surface area contributed by atoms with Crippen molar-refractivity contribution in [2.75, 3.05) is 14.2 Å². The highest BCUT2D eigenvalue weighted by Gasteiger charge is 2.26. The first-order valence-corrected chi connectivity index (χ1v) is 6.92. The summed E-state index contributed by atoms with van der Waals surface area (Å²) in [7, 11) is 3.15. The summed E-state index contributed by atoms with van der Waals surface area (Å²) in [6, 6.07) is 10.5. The molecule has 2 aromatic rings. The van der Waals surface area contributed by atoms with E-state index in [2.05, 4.69) is 0 Å². The van der Waals surface area contributed by atoms with Crippen molar-refractivity contribution < 1.29 is 19.4 Å². The van der Waals surface area contributed by atoms with Gasteiger partial charge in [-0.15, -0.1) is 0 Å². The number of methoxy groups -OCH3 is 2. The van der Waals surface area contributed by atoms with Crippen LogP contribution in [0.4, 0.5) is 0 Å². The fourth-order valence-corrected chi connectivity index (χ4v) is 2.68. The van der Waals surface area contributed by atoms with Crippen LogP contribution in [0.25, 0.3) is 6.08 Å². The van der Waals surface area contributed by atoms with Crippen LogP contribution in [0.3, 0.4) is 0 Å². The number of hydrogen-bond acceptors (Lipinski definition) is 4. The number of carbonyl (C=O) groups excluding carboxylic acids is 1. The molecule has 1 aliphatic carbocycles. The zero-order chi connectivity index (χ0) is 15.7. The molecule has 0 saturated carbocycles. The molecule has 0 aliphatic heterocycles. The second-order valence-electron chi connectivity index (χ2n) is 5.09. The molecule has 3 rings (SSSR count). The third-order valence-electron chi connectivity index (χ3n) is 3.80. The molecule has 22 heavy (non-hydrogen) atoms. The molecule has 0 unspecified atom stereocenters. The zero-order valence-electron chi connectivity index (χ0n) is 12.4. The van der Waals surface area contributed by atoms with Crippen LogP contribution >= 0.6 is 0 Å². The van der Waals surface area contributed by atoms with Gasteiger partial charge in [-0.1, -0.05) is 18.2 Å². The summed E-state index contributed by atoms with van der Waals surface area (Å²) in [5, 5.41) is 9.87. The van der Waals surface area contributed by atoms with E-state index in [1.165, 1.54) is 0 Å². The predicted octanol–water partition coefficient (Wildman–Crippen LogP) is 3.23.